The molecule has 1 saturated heterocycles. The molecule has 20 heavy (non-hydrogen) atoms. The van der Waals surface area contributed by atoms with Gasteiger partial charge in [-0.15, -0.1) is 0 Å². The van der Waals surface area contributed by atoms with Crippen molar-refractivity contribution in [1.82, 2.24) is 10.2 Å². The lowest BCUT2D eigenvalue weighted by atomic mass is 9.89. The minimum Gasteiger partial charge on any atom is -0.504 e. The van der Waals surface area contributed by atoms with Crippen LogP contribution in [-0.4, -0.2) is 43.2 Å². The first-order valence-electron chi connectivity index (χ1n) is 6.79. The van der Waals surface area contributed by atoms with Crippen molar-refractivity contribution in [1.29, 1.82) is 0 Å². The van der Waals surface area contributed by atoms with Gasteiger partial charge in [-0.05, 0) is 37.6 Å². The summed E-state index contributed by atoms with van der Waals surface area (Å²) in [5.41, 5.74) is 0.702. The van der Waals surface area contributed by atoms with Gasteiger partial charge in [0.2, 0.25) is 5.91 Å². The third-order valence-corrected chi connectivity index (χ3v) is 3.98. The van der Waals surface area contributed by atoms with E-state index in [1.807, 2.05) is 13.0 Å². The molecule has 1 amide bonds. The van der Waals surface area contributed by atoms with Crippen LogP contribution in [0.3, 0.4) is 0 Å². The van der Waals surface area contributed by atoms with Gasteiger partial charge >= 0.3 is 0 Å². The summed E-state index contributed by atoms with van der Waals surface area (Å²) < 4.78 is 5.03. The molecule has 1 heterocycles. The van der Waals surface area contributed by atoms with Crippen LogP contribution >= 0.6 is 0 Å². The number of phenolic OH excluding ortho intramolecular Hbond substituents is 1. The van der Waals surface area contributed by atoms with Gasteiger partial charge in [0, 0.05) is 20.1 Å². The summed E-state index contributed by atoms with van der Waals surface area (Å²) in [5, 5.41) is 12.5. The number of rotatable bonds is 4. The van der Waals surface area contributed by atoms with Gasteiger partial charge in [-0.25, -0.2) is 0 Å². The number of likely N-dealkylation sites (tertiary alicyclic amines) is 1. The number of ether oxygens (including phenoxy) is 1. The fraction of sp³-hybridized carbons (Fsp3) is 0.533. The maximum absolute atomic E-state index is 11.9. The van der Waals surface area contributed by atoms with E-state index in [1.54, 1.807) is 19.2 Å². The number of carbonyl (C=O) groups is 1. The highest BCUT2D eigenvalue weighted by atomic mass is 16.5. The molecule has 0 aliphatic carbocycles. The molecule has 0 radical (unpaired) electrons. The van der Waals surface area contributed by atoms with Crippen molar-refractivity contribution in [2.45, 2.75) is 19.9 Å². The van der Waals surface area contributed by atoms with E-state index in [2.05, 4.69) is 10.2 Å². The number of hydrogen-bond acceptors (Lipinski definition) is 4. The molecule has 5 heteroatoms. The van der Waals surface area contributed by atoms with Gasteiger partial charge in [0.1, 0.15) is 0 Å². The number of benzene rings is 1. The molecule has 0 bridgehead atoms. The Balaban J connectivity index is 2.02. The number of carbonyl (C=O) groups excluding carboxylic acids is 1. The van der Waals surface area contributed by atoms with Crippen LogP contribution in [0.5, 0.6) is 11.5 Å². The van der Waals surface area contributed by atoms with Crippen molar-refractivity contribution in [2.75, 3.05) is 27.2 Å². The van der Waals surface area contributed by atoms with Crippen LogP contribution in [0.25, 0.3) is 0 Å². The molecule has 1 aliphatic heterocycles. The molecule has 2 N–H and O–H groups in total. The zero-order valence-corrected chi connectivity index (χ0v) is 12.3. The molecular formula is C15H22N2O3. The van der Waals surface area contributed by atoms with Gasteiger partial charge in [-0.3, -0.25) is 9.69 Å². The smallest absolute Gasteiger partial charge is 0.227 e. The average Bonchev–Trinajstić information content (AvgIpc) is 2.81. The van der Waals surface area contributed by atoms with E-state index in [9.17, 15) is 9.90 Å². The third-order valence-electron chi connectivity index (χ3n) is 3.98. The second-order valence-electron chi connectivity index (χ2n) is 5.61. The van der Waals surface area contributed by atoms with E-state index in [-0.39, 0.29) is 17.1 Å². The zero-order chi connectivity index (χ0) is 14.8. The van der Waals surface area contributed by atoms with Crippen LogP contribution in [0.2, 0.25) is 0 Å². The number of nitrogens with zero attached hydrogens (tertiary/aromatic N) is 1. The SMILES string of the molecule is CNC(=O)C1(C)CCN(Cc2ccc(OC)c(O)c2)C1. The number of phenols is 1. The first-order valence-corrected chi connectivity index (χ1v) is 6.79. The Morgan fingerprint density at radius 3 is 2.90 bits per heavy atom. The van der Waals surface area contributed by atoms with Gasteiger partial charge in [-0.1, -0.05) is 6.07 Å². The van der Waals surface area contributed by atoms with Gasteiger partial charge in [0.25, 0.3) is 0 Å². The summed E-state index contributed by atoms with van der Waals surface area (Å²) in [7, 11) is 3.21. The predicted octanol–water partition coefficient (Wildman–Crippen LogP) is 1.36. The fourth-order valence-corrected chi connectivity index (χ4v) is 2.77. The number of aromatic hydroxyl groups is 1. The van der Waals surface area contributed by atoms with Gasteiger partial charge in [-0.2, -0.15) is 0 Å². The van der Waals surface area contributed by atoms with Crippen LogP contribution in [0, 0.1) is 5.41 Å². The average molecular weight is 278 g/mol. The van der Waals surface area contributed by atoms with Crippen molar-refractivity contribution >= 4 is 5.91 Å². The fourth-order valence-electron chi connectivity index (χ4n) is 2.77. The molecule has 2 rings (SSSR count). The highest BCUT2D eigenvalue weighted by Crippen LogP contribution is 2.32. The quantitative estimate of drug-likeness (QED) is 0.873. The van der Waals surface area contributed by atoms with Crippen LogP contribution in [0.1, 0.15) is 18.9 Å². The molecule has 1 aromatic carbocycles. The Morgan fingerprint density at radius 1 is 1.55 bits per heavy atom. The molecule has 1 aromatic rings. The van der Waals surface area contributed by atoms with Crippen LogP contribution < -0.4 is 10.1 Å². The summed E-state index contributed by atoms with van der Waals surface area (Å²) in [4.78, 5) is 14.1. The summed E-state index contributed by atoms with van der Waals surface area (Å²) in [6.45, 7) is 4.34. The Kier molecular flexibility index (Phi) is 4.18. The Hall–Kier alpha value is -1.75. The van der Waals surface area contributed by atoms with Crippen molar-refractivity contribution < 1.29 is 14.6 Å². The van der Waals surface area contributed by atoms with E-state index in [0.717, 1.165) is 31.6 Å². The highest BCUT2D eigenvalue weighted by Gasteiger charge is 2.39. The third kappa shape index (κ3) is 2.88. The van der Waals surface area contributed by atoms with Crippen molar-refractivity contribution in [2.24, 2.45) is 5.41 Å². The molecule has 0 spiro atoms. The second kappa shape index (κ2) is 5.71. The van der Waals surface area contributed by atoms with E-state index >= 15 is 0 Å². The van der Waals surface area contributed by atoms with Gasteiger partial charge in [0.15, 0.2) is 11.5 Å². The first-order chi connectivity index (χ1) is 9.48. The summed E-state index contributed by atoms with van der Waals surface area (Å²) >= 11 is 0. The van der Waals surface area contributed by atoms with E-state index < -0.39 is 0 Å². The Morgan fingerprint density at radius 2 is 2.30 bits per heavy atom. The molecular weight excluding hydrogens is 256 g/mol. The van der Waals surface area contributed by atoms with Crippen molar-refractivity contribution in [3.05, 3.63) is 23.8 Å². The summed E-state index contributed by atoms with van der Waals surface area (Å²) in [5.74, 6) is 0.723. The topological polar surface area (TPSA) is 61.8 Å². The minimum atomic E-state index is -0.316. The maximum Gasteiger partial charge on any atom is 0.227 e. The van der Waals surface area contributed by atoms with Crippen LogP contribution in [-0.2, 0) is 11.3 Å². The molecule has 5 nitrogen and oxygen atoms in total. The monoisotopic (exact) mass is 278 g/mol. The molecule has 0 aromatic heterocycles. The number of amides is 1. The standard InChI is InChI=1S/C15H22N2O3/c1-15(14(19)16-2)6-7-17(10-15)9-11-4-5-13(20-3)12(18)8-11/h4-5,8,18H,6-7,9-10H2,1-3H3,(H,16,19). The van der Waals surface area contributed by atoms with Crippen molar-refractivity contribution in [3.63, 3.8) is 0 Å². The zero-order valence-electron chi connectivity index (χ0n) is 12.3. The van der Waals surface area contributed by atoms with Crippen LogP contribution in [0.15, 0.2) is 18.2 Å². The lowest BCUT2D eigenvalue weighted by molar-refractivity contribution is -0.129. The molecule has 0 saturated carbocycles. The van der Waals surface area contributed by atoms with Crippen molar-refractivity contribution in [3.8, 4) is 11.5 Å². The molecule has 110 valence electrons. The maximum atomic E-state index is 11.9. The first kappa shape index (κ1) is 14.7. The molecule has 1 fully saturated rings. The predicted molar refractivity (Wildman–Crippen MR) is 76.7 cm³/mol. The number of hydrogen-bond donors (Lipinski definition) is 2. The lowest BCUT2D eigenvalue weighted by Crippen LogP contribution is -2.39. The molecule has 1 unspecified atom stereocenters. The molecule has 1 atom stereocenters. The van der Waals surface area contributed by atoms with E-state index in [1.165, 1.54) is 7.11 Å². The van der Waals surface area contributed by atoms with E-state index in [4.69, 9.17) is 4.74 Å². The number of methoxy groups -OCH3 is 1. The summed E-state index contributed by atoms with van der Waals surface area (Å²) in [6, 6.07) is 5.42. The highest BCUT2D eigenvalue weighted by molar-refractivity contribution is 5.82. The van der Waals surface area contributed by atoms with Gasteiger partial charge < -0.3 is 15.2 Å². The van der Waals surface area contributed by atoms with E-state index in [0.29, 0.717) is 5.75 Å². The Bertz CT molecular complexity index is 504. The normalized spacial score (nSPS) is 22.8. The summed E-state index contributed by atoms with van der Waals surface area (Å²) in [6.07, 6.45) is 0.856. The lowest BCUT2D eigenvalue weighted by Gasteiger charge is -2.22. The molecule has 1 aliphatic rings. The second-order valence-corrected chi connectivity index (χ2v) is 5.61. The number of nitrogens with one attached hydrogen (secondary N) is 1. The minimum absolute atomic E-state index is 0.0950. The largest absolute Gasteiger partial charge is 0.504 e. The Labute approximate surface area is 119 Å². The van der Waals surface area contributed by atoms with Crippen LogP contribution in [0.4, 0.5) is 0 Å². The van der Waals surface area contributed by atoms with Gasteiger partial charge in [0.05, 0.1) is 12.5 Å².